The normalized spacial score (nSPS) is 21.7. The van der Waals surface area contributed by atoms with Crippen molar-refractivity contribution >= 4 is 6.09 Å². The van der Waals surface area contributed by atoms with Crippen LogP contribution in [0.4, 0.5) is 4.79 Å². The van der Waals surface area contributed by atoms with Gasteiger partial charge in [-0.05, 0) is 40.0 Å². The van der Waals surface area contributed by atoms with Crippen molar-refractivity contribution in [3.63, 3.8) is 0 Å². The van der Waals surface area contributed by atoms with E-state index in [9.17, 15) is 4.79 Å². The van der Waals surface area contributed by atoms with Crippen molar-refractivity contribution in [2.75, 3.05) is 26.3 Å². The summed E-state index contributed by atoms with van der Waals surface area (Å²) in [6.45, 7) is 10.9. The van der Waals surface area contributed by atoms with Crippen molar-refractivity contribution in [1.29, 1.82) is 0 Å². The van der Waals surface area contributed by atoms with Crippen LogP contribution in [0.25, 0.3) is 0 Å². The summed E-state index contributed by atoms with van der Waals surface area (Å²) in [5.74, 6) is 0.610. The lowest BCUT2D eigenvalue weighted by Gasteiger charge is -2.22. The molecule has 0 radical (unpaired) electrons. The van der Waals surface area contributed by atoms with Gasteiger partial charge in [0, 0.05) is 25.7 Å². The van der Waals surface area contributed by atoms with Crippen molar-refractivity contribution in [3.05, 3.63) is 0 Å². The summed E-state index contributed by atoms with van der Waals surface area (Å²) in [7, 11) is 0. The number of hydrogen-bond acceptors (Lipinski definition) is 4. The van der Waals surface area contributed by atoms with Gasteiger partial charge in [0.2, 0.25) is 0 Å². The van der Waals surface area contributed by atoms with Crippen LogP contribution in [0.3, 0.4) is 0 Å². The van der Waals surface area contributed by atoms with Gasteiger partial charge in [0.05, 0.1) is 6.61 Å². The first kappa shape index (κ1) is 15.2. The Morgan fingerprint density at radius 2 is 2.22 bits per heavy atom. The third kappa shape index (κ3) is 6.81. The lowest BCUT2D eigenvalue weighted by molar-refractivity contribution is 0.0508. The van der Waals surface area contributed by atoms with Crippen LogP contribution in [0.1, 0.15) is 34.1 Å². The summed E-state index contributed by atoms with van der Waals surface area (Å²) in [6.07, 6.45) is 0.766. The average Bonchev–Trinajstić information content (AvgIpc) is 2.66. The van der Waals surface area contributed by atoms with Crippen LogP contribution >= 0.6 is 0 Å². The Balaban J connectivity index is 2.09. The molecule has 1 amide bonds. The number of rotatable bonds is 5. The summed E-state index contributed by atoms with van der Waals surface area (Å²) < 4.78 is 10.5. The second kappa shape index (κ2) is 6.95. The van der Waals surface area contributed by atoms with Crippen LogP contribution in [0, 0.1) is 5.92 Å². The predicted molar refractivity (Wildman–Crippen MR) is 70.6 cm³/mol. The first-order chi connectivity index (χ1) is 8.37. The van der Waals surface area contributed by atoms with Gasteiger partial charge >= 0.3 is 6.09 Å². The van der Waals surface area contributed by atoms with Gasteiger partial charge in [-0.25, -0.2) is 4.79 Å². The van der Waals surface area contributed by atoms with Crippen molar-refractivity contribution in [2.45, 2.75) is 45.8 Å². The standard InChI is InChI=1S/C13H26N2O3/c1-10(15-12(16)18-13(2,3)4)7-14-8-11-5-6-17-9-11/h10-11,14H,5-9H2,1-4H3,(H,15,16). The highest BCUT2D eigenvalue weighted by Crippen LogP contribution is 2.10. The smallest absolute Gasteiger partial charge is 0.407 e. The monoisotopic (exact) mass is 258 g/mol. The molecule has 0 aromatic heterocycles. The molecule has 0 aliphatic carbocycles. The van der Waals surface area contributed by atoms with E-state index < -0.39 is 5.60 Å². The van der Waals surface area contributed by atoms with Crippen molar-refractivity contribution in [1.82, 2.24) is 10.6 Å². The molecule has 1 aliphatic heterocycles. The molecule has 5 heteroatoms. The average molecular weight is 258 g/mol. The summed E-state index contributed by atoms with van der Waals surface area (Å²) in [5.41, 5.74) is -0.446. The largest absolute Gasteiger partial charge is 0.444 e. The molecule has 2 atom stereocenters. The Bertz CT molecular complexity index is 257. The van der Waals surface area contributed by atoms with Gasteiger partial charge in [-0.3, -0.25) is 0 Å². The molecule has 5 nitrogen and oxygen atoms in total. The van der Waals surface area contributed by atoms with Crippen LogP contribution < -0.4 is 10.6 Å². The Labute approximate surface area is 110 Å². The zero-order valence-electron chi connectivity index (χ0n) is 11.9. The van der Waals surface area contributed by atoms with Gasteiger partial charge in [-0.15, -0.1) is 0 Å². The van der Waals surface area contributed by atoms with E-state index in [0.29, 0.717) is 5.92 Å². The maximum atomic E-state index is 11.5. The minimum Gasteiger partial charge on any atom is -0.444 e. The topological polar surface area (TPSA) is 59.6 Å². The molecular formula is C13H26N2O3. The number of alkyl carbamates (subject to hydrolysis) is 1. The number of amides is 1. The lowest BCUT2D eigenvalue weighted by atomic mass is 10.1. The van der Waals surface area contributed by atoms with E-state index >= 15 is 0 Å². The van der Waals surface area contributed by atoms with Gasteiger partial charge in [-0.2, -0.15) is 0 Å². The molecule has 106 valence electrons. The molecular weight excluding hydrogens is 232 g/mol. The SMILES string of the molecule is CC(CNCC1CCOC1)NC(=O)OC(C)(C)C. The first-order valence-corrected chi connectivity index (χ1v) is 6.65. The Hall–Kier alpha value is -0.810. The molecule has 0 spiro atoms. The summed E-state index contributed by atoms with van der Waals surface area (Å²) in [4.78, 5) is 11.5. The van der Waals surface area contributed by atoms with Gasteiger partial charge < -0.3 is 20.1 Å². The van der Waals surface area contributed by atoms with Gasteiger partial charge in [-0.1, -0.05) is 0 Å². The highest BCUT2D eigenvalue weighted by Gasteiger charge is 2.18. The molecule has 2 N–H and O–H groups in total. The van der Waals surface area contributed by atoms with E-state index in [1.54, 1.807) is 0 Å². The number of carbonyl (C=O) groups is 1. The van der Waals surface area contributed by atoms with Gasteiger partial charge in [0.25, 0.3) is 0 Å². The fraction of sp³-hybridized carbons (Fsp3) is 0.923. The summed E-state index contributed by atoms with van der Waals surface area (Å²) in [5, 5.41) is 6.15. The molecule has 1 saturated heterocycles. The molecule has 18 heavy (non-hydrogen) atoms. The van der Waals surface area contributed by atoms with E-state index in [2.05, 4.69) is 10.6 Å². The fourth-order valence-corrected chi connectivity index (χ4v) is 1.81. The van der Waals surface area contributed by atoms with Gasteiger partial charge in [0.1, 0.15) is 5.60 Å². The number of nitrogens with one attached hydrogen (secondary N) is 2. The van der Waals surface area contributed by atoms with Crippen molar-refractivity contribution < 1.29 is 14.3 Å². The fourth-order valence-electron chi connectivity index (χ4n) is 1.81. The third-order valence-electron chi connectivity index (χ3n) is 2.67. The molecule has 0 aromatic carbocycles. The quantitative estimate of drug-likeness (QED) is 0.785. The highest BCUT2D eigenvalue weighted by atomic mass is 16.6. The van der Waals surface area contributed by atoms with Crippen LogP contribution in [0.2, 0.25) is 0 Å². The molecule has 1 heterocycles. The van der Waals surface area contributed by atoms with Crippen molar-refractivity contribution in [2.24, 2.45) is 5.92 Å². The van der Waals surface area contributed by atoms with E-state index in [4.69, 9.17) is 9.47 Å². The summed E-state index contributed by atoms with van der Waals surface area (Å²) >= 11 is 0. The van der Waals surface area contributed by atoms with Crippen LogP contribution in [-0.2, 0) is 9.47 Å². The second-order valence-corrected chi connectivity index (χ2v) is 5.94. The van der Waals surface area contributed by atoms with E-state index in [-0.39, 0.29) is 12.1 Å². The van der Waals surface area contributed by atoms with E-state index in [1.807, 2.05) is 27.7 Å². The Morgan fingerprint density at radius 3 is 2.78 bits per heavy atom. The summed E-state index contributed by atoms with van der Waals surface area (Å²) in [6, 6.07) is 0.0576. The molecule has 1 fully saturated rings. The number of ether oxygens (including phenoxy) is 2. The predicted octanol–water partition coefficient (Wildman–Crippen LogP) is 1.53. The minimum atomic E-state index is -0.446. The van der Waals surface area contributed by atoms with Crippen LogP contribution in [-0.4, -0.2) is 44.0 Å². The minimum absolute atomic E-state index is 0.0576. The van der Waals surface area contributed by atoms with E-state index in [0.717, 1.165) is 32.7 Å². The van der Waals surface area contributed by atoms with E-state index in [1.165, 1.54) is 0 Å². The molecule has 0 bridgehead atoms. The number of carbonyl (C=O) groups excluding carboxylic acids is 1. The number of hydrogen-bond donors (Lipinski definition) is 2. The third-order valence-corrected chi connectivity index (χ3v) is 2.67. The maximum Gasteiger partial charge on any atom is 0.407 e. The first-order valence-electron chi connectivity index (χ1n) is 6.65. The second-order valence-electron chi connectivity index (χ2n) is 5.94. The Kier molecular flexibility index (Phi) is 5.88. The molecule has 1 aliphatic rings. The zero-order chi connectivity index (χ0) is 13.6. The van der Waals surface area contributed by atoms with Gasteiger partial charge in [0.15, 0.2) is 0 Å². The zero-order valence-corrected chi connectivity index (χ0v) is 11.9. The molecule has 2 unspecified atom stereocenters. The lowest BCUT2D eigenvalue weighted by Crippen LogP contribution is -2.43. The van der Waals surface area contributed by atoms with Crippen LogP contribution in [0.15, 0.2) is 0 Å². The molecule has 0 aromatic rings. The molecule has 1 rings (SSSR count). The maximum absolute atomic E-state index is 11.5. The Morgan fingerprint density at radius 1 is 1.50 bits per heavy atom. The van der Waals surface area contributed by atoms with Crippen LogP contribution in [0.5, 0.6) is 0 Å². The van der Waals surface area contributed by atoms with Crippen molar-refractivity contribution in [3.8, 4) is 0 Å². The highest BCUT2D eigenvalue weighted by molar-refractivity contribution is 5.68. The molecule has 0 saturated carbocycles.